The third-order valence-corrected chi connectivity index (χ3v) is 10.4. The predicted octanol–water partition coefficient (Wildman–Crippen LogP) is 4.77. The molecule has 8 nitrogen and oxygen atoms in total. The number of halogens is 1. The minimum atomic E-state index is -4.39. The monoisotopic (exact) mass is 583 g/mol. The van der Waals surface area contributed by atoms with Crippen LogP contribution in [0.2, 0.25) is 0 Å². The van der Waals surface area contributed by atoms with Gasteiger partial charge in [0.2, 0.25) is 10.0 Å². The summed E-state index contributed by atoms with van der Waals surface area (Å²) in [4.78, 5) is 18.7. The number of para-hydroxylation sites is 1. The molecule has 208 valence electrons. The Labute approximate surface area is 231 Å². The van der Waals surface area contributed by atoms with Gasteiger partial charge in [-0.2, -0.15) is 0 Å². The van der Waals surface area contributed by atoms with Gasteiger partial charge in [0.25, 0.3) is 0 Å². The number of anilines is 1. The lowest BCUT2D eigenvalue weighted by atomic mass is 9.94. The van der Waals surface area contributed by atoms with Gasteiger partial charge in [0, 0.05) is 5.56 Å². The molecule has 1 fully saturated rings. The average molecular weight is 584 g/mol. The zero-order valence-corrected chi connectivity index (χ0v) is 22.8. The Morgan fingerprint density at radius 3 is 2.10 bits per heavy atom. The molecule has 1 aliphatic heterocycles. The number of aliphatic hydroxyl groups excluding tert-OH is 1. The topological polar surface area (TPSA) is 135 Å². The van der Waals surface area contributed by atoms with Gasteiger partial charge in [-0.15, -0.1) is 0 Å². The molecule has 0 amide bonds. The Kier molecular flexibility index (Phi) is 7.56. The van der Waals surface area contributed by atoms with E-state index >= 15 is 0 Å². The number of hydrogen-bond donors (Lipinski definition) is 4. The fourth-order valence-corrected chi connectivity index (χ4v) is 7.72. The highest BCUT2D eigenvalue weighted by Crippen LogP contribution is 2.50. The summed E-state index contributed by atoms with van der Waals surface area (Å²) in [5, 5.41) is 20.7. The Morgan fingerprint density at radius 1 is 0.875 bits per heavy atom. The van der Waals surface area contributed by atoms with Crippen molar-refractivity contribution in [2.75, 3.05) is 4.31 Å². The Morgan fingerprint density at radius 2 is 1.50 bits per heavy atom. The van der Waals surface area contributed by atoms with Gasteiger partial charge < -0.3 is 20.0 Å². The summed E-state index contributed by atoms with van der Waals surface area (Å²) in [6.07, 6.45) is -0.784. The first-order valence-corrected chi connectivity index (χ1v) is 15.6. The van der Waals surface area contributed by atoms with E-state index in [0.29, 0.717) is 27.9 Å². The summed E-state index contributed by atoms with van der Waals surface area (Å²) in [5.74, 6) is -0.575. The van der Waals surface area contributed by atoms with E-state index in [0.717, 1.165) is 0 Å². The fraction of sp³-hybridized carbons (Fsp3) is 0.172. The highest BCUT2D eigenvalue weighted by molar-refractivity contribution is 7.95. The highest BCUT2D eigenvalue weighted by atomic mass is 32.2. The normalized spacial score (nSPS) is 19.1. The van der Waals surface area contributed by atoms with Gasteiger partial charge in [-0.3, -0.25) is 8.87 Å². The second kappa shape index (κ2) is 10.8. The van der Waals surface area contributed by atoms with Crippen LogP contribution in [-0.4, -0.2) is 33.7 Å². The summed E-state index contributed by atoms with van der Waals surface area (Å²) in [6.45, 7) is 0. The van der Waals surface area contributed by atoms with E-state index in [-0.39, 0.29) is 23.9 Å². The molecule has 4 aromatic carbocycles. The fourth-order valence-electron chi connectivity index (χ4n) is 5.07. The van der Waals surface area contributed by atoms with Crippen molar-refractivity contribution in [1.29, 1.82) is 0 Å². The van der Waals surface area contributed by atoms with Crippen molar-refractivity contribution in [3.63, 3.8) is 0 Å². The number of benzene rings is 4. The Bertz CT molecular complexity index is 1660. The van der Waals surface area contributed by atoms with Crippen LogP contribution in [0.3, 0.4) is 0 Å². The third-order valence-electron chi connectivity index (χ3n) is 7.14. The Hall–Kier alpha value is -3.53. The number of sulfonamides is 1. The summed E-state index contributed by atoms with van der Waals surface area (Å²) >= 11 is 0. The van der Waals surface area contributed by atoms with Crippen LogP contribution < -0.4 is 9.61 Å². The van der Waals surface area contributed by atoms with E-state index in [1.54, 1.807) is 42.5 Å². The molecule has 40 heavy (non-hydrogen) atoms. The van der Waals surface area contributed by atoms with Crippen molar-refractivity contribution in [2.24, 2.45) is 0 Å². The van der Waals surface area contributed by atoms with Crippen molar-refractivity contribution in [2.45, 2.75) is 30.2 Å². The van der Waals surface area contributed by atoms with E-state index in [4.69, 9.17) is 0 Å². The van der Waals surface area contributed by atoms with Crippen LogP contribution in [-0.2, 0) is 14.6 Å². The molecule has 0 bridgehead atoms. The molecule has 0 aliphatic carbocycles. The molecule has 0 radical (unpaired) electrons. The molecule has 0 aromatic heterocycles. The van der Waals surface area contributed by atoms with Gasteiger partial charge in [0.15, 0.2) is 0 Å². The van der Waals surface area contributed by atoms with Crippen LogP contribution in [0.1, 0.15) is 36.1 Å². The number of rotatable bonds is 8. The molecule has 0 saturated carbocycles. The van der Waals surface area contributed by atoms with Gasteiger partial charge in [-0.1, -0.05) is 54.6 Å². The van der Waals surface area contributed by atoms with Crippen LogP contribution in [0, 0.1) is 5.82 Å². The lowest BCUT2D eigenvalue weighted by Gasteiger charge is -2.48. The van der Waals surface area contributed by atoms with Crippen molar-refractivity contribution in [3.8, 4) is 16.9 Å². The van der Waals surface area contributed by atoms with E-state index in [1.807, 2.05) is 0 Å². The molecule has 0 spiro atoms. The molecule has 4 aromatic rings. The number of hydrogen-bond acceptors (Lipinski definition) is 5. The van der Waals surface area contributed by atoms with Gasteiger partial charge in [0.05, 0.1) is 23.1 Å². The first-order chi connectivity index (χ1) is 19.0. The highest BCUT2D eigenvalue weighted by Gasteiger charge is 2.54. The summed E-state index contributed by atoms with van der Waals surface area (Å²) in [7, 11) is -8.21. The van der Waals surface area contributed by atoms with Crippen molar-refractivity contribution >= 4 is 28.6 Å². The maximum Gasteiger partial charge on any atom is 0.356 e. The van der Waals surface area contributed by atoms with E-state index in [9.17, 15) is 37.4 Å². The minimum Gasteiger partial charge on any atom is -0.508 e. The van der Waals surface area contributed by atoms with E-state index in [2.05, 4.69) is 0 Å². The first kappa shape index (κ1) is 28.0. The maximum atomic E-state index is 13.5. The molecule has 11 heteroatoms. The Balaban J connectivity index is 1.46. The van der Waals surface area contributed by atoms with Crippen LogP contribution in [0.25, 0.3) is 11.1 Å². The standard InChI is InChI=1S/C29H27FNO7PS/c30-22-11-6-20(7-12-22)26(32)16-17-28-29(31(40(28,37)38)23-4-2-1-3-5-23)25-15-10-21(18-27(25)33)19-8-13-24(14-9-19)39(34,35)36/h1-15,18,26,28-29,32-33H,16-17H2,(H2,34,35,36)/t26-,28+,29+/m0/s1. The number of phenols is 1. The number of phenolic OH excluding ortho intramolecular Hbond substituents is 1. The van der Waals surface area contributed by atoms with Crippen molar-refractivity contribution in [1.82, 2.24) is 0 Å². The largest absolute Gasteiger partial charge is 0.508 e. The quantitative estimate of drug-likeness (QED) is 0.219. The predicted molar refractivity (Wildman–Crippen MR) is 150 cm³/mol. The van der Waals surface area contributed by atoms with Gasteiger partial charge in [0.1, 0.15) is 16.8 Å². The van der Waals surface area contributed by atoms with Crippen LogP contribution in [0.5, 0.6) is 5.75 Å². The first-order valence-electron chi connectivity index (χ1n) is 12.5. The third kappa shape index (κ3) is 5.41. The lowest BCUT2D eigenvalue weighted by molar-refractivity contribution is 0.162. The average Bonchev–Trinajstić information content (AvgIpc) is 2.92. The SMILES string of the molecule is O=P(O)(O)c1ccc(-c2ccc([C@@H]3[C@@H](CC[C@H](O)c4ccc(F)cc4)S(=O)(=O)N3c3ccccc3)c(O)c2)cc1. The molecular weight excluding hydrogens is 556 g/mol. The van der Waals surface area contributed by atoms with E-state index < -0.39 is 40.8 Å². The van der Waals surface area contributed by atoms with Crippen molar-refractivity contribution in [3.05, 3.63) is 114 Å². The number of aromatic hydroxyl groups is 1. The van der Waals surface area contributed by atoms with Crippen LogP contribution >= 0.6 is 7.60 Å². The molecular formula is C29H27FNO7PS. The lowest BCUT2D eigenvalue weighted by Crippen LogP contribution is -2.58. The molecule has 1 heterocycles. The molecule has 0 unspecified atom stereocenters. The van der Waals surface area contributed by atoms with Gasteiger partial charge >= 0.3 is 7.60 Å². The summed E-state index contributed by atoms with van der Waals surface area (Å²) in [5.41, 5.74) is 2.50. The van der Waals surface area contributed by atoms with Crippen molar-refractivity contribution < 1.29 is 37.4 Å². The smallest absolute Gasteiger partial charge is 0.356 e. The molecule has 3 atom stereocenters. The molecule has 5 rings (SSSR count). The van der Waals surface area contributed by atoms with Gasteiger partial charge in [-0.05, 0) is 72.0 Å². The summed E-state index contributed by atoms with van der Waals surface area (Å²) in [6, 6.07) is 23.7. The van der Waals surface area contributed by atoms with Crippen LogP contribution in [0.15, 0.2) is 97.1 Å². The second-order valence-corrected chi connectivity index (χ2v) is 13.3. The zero-order chi connectivity index (χ0) is 28.7. The zero-order valence-electron chi connectivity index (χ0n) is 21.1. The molecule has 1 aliphatic rings. The molecule has 4 N–H and O–H groups in total. The molecule has 1 saturated heterocycles. The van der Waals surface area contributed by atoms with E-state index in [1.165, 1.54) is 58.9 Å². The second-order valence-electron chi connectivity index (χ2n) is 9.67. The maximum absolute atomic E-state index is 13.5. The summed E-state index contributed by atoms with van der Waals surface area (Å²) < 4.78 is 53.0. The number of aliphatic hydroxyl groups is 1. The van der Waals surface area contributed by atoms with Crippen LogP contribution in [0.4, 0.5) is 10.1 Å². The number of nitrogens with zero attached hydrogens (tertiary/aromatic N) is 1. The minimum absolute atomic E-state index is 0.0971. The van der Waals surface area contributed by atoms with Gasteiger partial charge in [-0.25, -0.2) is 12.8 Å².